The van der Waals surface area contributed by atoms with Crippen LogP contribution in [0, 0.1) is 0 Å². The molecule has 0 spiro atoms. The highest BCUT2D eigenvalue weighted by atomic mass is 32.2. The van der Waals surface area contributed by atoms with Gasteiger partial charge in [-0.15, -0.1) is 0 Å². The number of hydrogen-bond donors (Lipinski definition) is 2. The van der Waals surface area contributed by atoms with Gasteiger partial charge in [-0.2, -0.15) is 0 Å². The molecule has 2 rings (SSSR count). The van der Waals surface area contributed by atoms with Gasteiger partial charge in [0.05, 0.1) is 12.6 Å². The molecule has 7 heteroatoms. The number of sulfonamides is 1. The average Bonchev–Trinajstić information content (AvgIpc) is 2.86. The molecule has 0 unspecified atom stereocenters. The van der Waals surface area contributed by atoms with E-state index in [1.54, 1.807) is 6.07 Å². The van der Waals surface area contributed by atoms with Gasteiger partial charge in [0.25, 0.3) is 10.0 Å². The lowest BCUT2D eigenvalue weighted by atomic mass is 9.90. The van der Waals surface area contributed by atoms with Crippen molar-refractivity contribution in [3.63, 3.8) is 0 Å². The molecule has 0 aromatic carbocycles. The first-order valence-corrected chi connectivity index (χ1v) is 8.96. The van der Waals surface area contributed by atoms with E-state index < -0.39 is 10.0 Å². The van der Waals surface area contributed by atoms with E-state index in [-0.39, 0.29) is 17.2 Å². The van der Waals surface area contributed by atoms with Crippen LogP contribution in [0.15, 0.2) is 21.6 Å². The van der Waals surface area contributed by atoms with Crippen LogP contribution in [0.2, 0.25) is 0 Å². The lowest BCUT2D eigenvalue weighted by Crippen LogP contribution is -2.47. The lowest BCUT2D eigenvalue weighted by molar-refractivity contribution is -0.00483. The van der Waals surface area contributed by atoms with Crippen molar-refractivity contribution in [1.29, 1.82) is 0 Å². The van der Waals surface area contributed by atoms with Crippen LogP contribution in [0.25, 0.3) is 0 Å². The predicted octanol–water partition coefficient (Wildman–Crippen LogP) is 1.62. The Morgan fingerprint density at radius 2 is 2.10 bits per heavy atom. The number of ether oxygens (including phenoxy) is 1. The van der Waals surface area contributed by atoms with E-state index in [2.05, 4.69) is 17.0 Å². The molecule has 1 fully saturated rings. The van der Waals surface area contributed by atoms with Gasteiger partial charge in [0.15, 0.2) is 0 Å². The molecular weight excluding hydrogens is 292 g/mol. The van der Waals surface area contributed by atoms with Crippen molar-refractivity contribution in [1.82, 2.24) is 10.0 Å². The van der Waals surface area contributed by atoms with Crippen molar-refractivity contribution in [3.05, 3.63) is 17.9 Å². The molecule has 21 heavy (non-hydrogen) atoms. The van der Waals surface area contributed by atoms with Gasteiger partial charge in [-0.05, 0) is 44.9 Å². The Morgan fingerprint density at radius 1 is 1.33 bits per heavy atom. The number of rotatable bonds is 9. The fourth-order valence-corrected chi connectivity index (χ4v) is 3.51. The summed E-state index contributed by atoms with van der Waals surface area (Å²) in [5.74, 6) is 0.629. The zero-order valence-electron chi connectivity index (χ0n) is 12.6. The zero-order chi connectivity index (χ0) is 15.3. The second-order valence-electron chi connectivity index (χ2n) is 5.26. The van der Waals surface area contributed by atoms with E-state index in [0.717, 1.165) is 25.8 Å². The molecule has 0 saturated heterocycles. The summed E-state index contributed by atoms with van der Waals surface area (Å²) in [6.45, 7) is 6.09. The third-order valence-electron chi connectivity index (χ3n) is 3.45. The molecule has 120 valence electrons. The van der Waals surface area contributed by atoms with Gasteiger partial charge in [0, 0.05) is 12.6 Å². The van der Waals surface area contributed by atoms with Gasteiger partial charge >= 0.3 is 0 Å². The van der Waals surface area contributed by atoms with Crippen LogP contribution in [-0.4, -0.2) is 33.7 Å². The largest absolute Gasteiger partial charge is 0.447 e. The Kier molecular flexibility index (Phi) is 5.80. The lowest BCUT2D eigenvalue weighted by Gasteiger charge is -2.34. The molecule has 1 aliphatic carbocycles. The third kappa shape index (κ3) is 4.54. The minimum atomic E-state index is -3.57. The van der Waals surface area contributed by atoms with E-state index in [4.69, 9.17) is 9.15 Å². The molecule has 1 aliphatic rings. The fraction of sp³-hybridized carbons (Fsp3) is 0.714. The maximum absolute atomic E-state index is 12.2. The van der Waals surface area contributed by atoms with Gasteiger partial charge in [0.1, 0.15) is 5.76 Å². The molecule has 2 N–H and O–H groups in total. The summed E-state index contributed by atoms with van der Waals surface area (Å²) < 4.78 is 37.8. The van der Waals surface area contributed by atoms with Crippen molar-refractivity contribution in [2.24, 2.45) is 0 Å². The van der Waals surface area contributed by atoms with E-state index in [9.17, 15) is 8.42 Å². The highest BCUT2D eigenvalue weighted by Gasteiger charge is 2.34. The van der Waals surface area contributed by atoms with Gasteiger partial charge < -0.3 is 14.5 Å². The maximum atomic E-state index is 12.2. The van der Waals surface area contributed by atoms with Gasteiger partial charge in [-0.1, -0.05) is 6.92 Å². The number of hydrogen-bond acceptors (Lipinski definition) is 5. The highest BCUT2D eigenvalue weighted by Crippen LogP contribution is 2.25. The van der Waals surface area contributed by atoms with E-state index in [0.29, 0.717) is 18.9 Å². The third-order valence-corrected chi connectivity index (χ3v) is 4.84. The number of nitrogens with one attached hydrogen (secondary N) is 2. The first-order valence-electron chi connectivity index (χ1n) is 7.48. The van der Waals surface area contributed by atoms with E-state index in [1.165, 1.54) is 6.07 Å². The standard InChI is InChI=1S/C14H24N2O4S/c1-3-7-15-10-12-5-6-14(20-12)21(17,18)16-11-8-13(9-11)19-4-2/h5-6,11,13,15-16H,3-4,7-10H2,1-2H3. The van der Waals surface area contributed by atoms with Gasteiger partial charge in [-0.3, -0.25) is 0 Å². The fourth-order valence-electron chi connectivity index (χ4n) is 2.30. The minimum Gasteiger partial charge on any atom is -0.447 e. The van der Waals surface area contributed by atoms with Crippen molar-refractivity contribution in [2.45, 2.75) is 56.9 Å². The van der Waals surface area contributed by atoms with Crippen LogP contribution in [0.3, 0.4) is 0 Å². The molecule has 1 heterocycles. The van der Waals surface area contributed by atoms with Crippen molar-refractivity contribution < 1.29 is 17.6 Å². The summed E-state index contributed by atoms with van der Waals surface area (Å²) >= 11 is 0. The Bertz CT molecular complexity index is 535. The molecule has 0 radical (unpaired) electrons. The Hall–Kier alpha value is -0.890. The second kappa shape index (κ2) is 7.40. The molecule has 0 aliphatic heterocycles. The summed E-state index contributed by atoms with van der Waals surface area (Å²) in [5, 5.41) is 3.16. The molecule has 0 bridgehead atoms. The highest BCUT2D eigenvalue weighted by molar-refractivity contribution is 7.89. The van der Waals surface area contributed by atoms with Crippen molar-refractivity contribution >= 4 is 10.0 Å². The van der Waals surface area contributed by atoms with Crippen LogP contribution in [0.5, 0.6) is 0 Å². The van der Waals surface area contributed by atoms with Crippen molar-refractivity contribution in [3.8, 4) is 0 Å². The van der Waals surface area contributed by atoms with Crippen molar-refractivity contribution in [2.75, 3.05) is 13.2 Å². The van der Waals surface area contributed by atoms with Gasteiger partial charge in [-0.25, -0.2) is 13.1 Å². The smallest absolute Gasteiger partial charge is 0.274 e. The summed E-state index contributed by atoms with van der Waals surface area (Å²) in [6, 6.07) is 3.14. The van der Waals surface area contributed by atoms with Crippen LogP contribution in [-0.2, 0) is 21.3 Å². The van der Waals surface area contributed by atoms with E-state index in [1.807, 2.05) is 6.92 Å². The van der Waals surface area contributed by atoms with Gasteiger partial charge in [0.2, 0.25) is 5.09 Å². The average molecular weight is 316 g/mol. The molecule has 1 saturated carbocycles. The molecule has 0 amide bonds. The molecule has 1 aromatic rings. The van der Waals surface area contributed by atoms with Crippen LogP contribution in [0.1, 0.15) is 38.9 Å². The quantitative estimate of drug-likeness (QED) is 0.677. The topological polar surface area (TPSA) is 80.6 Å². The minimum absolute atomic E-state index is 0.0179. The predicted molar refractivity (Wildman–Crippen MR) is 79.5 cm³/mol. The summed E-state index contributed by atoms with van der Waals surface area (Å²) in [6.07, 6.45) is 2.64. The van der Waals surface area contributed by atoms with Crippen LogP contribution < -0.4 is 10.0 Å². The number of furan rings is 1. The maximum Gasteiger partial charge on any atom is 0.274 e. The Morgan fingerprint density at radius 3 is 2.76 bits per heavy atom. The van der Waals surface area contributed by atoms with E-state index >= 15 is 0 Å². The molecule has 6 nitrogen and oxygen atoms in total. The normalized spacial score (nSPS) is 22.2. The molecule has 0 atom stereocenters. The van der Waals surface area contributed by atoms with Crippen LogP contribution >= 0.6 is 0 Å². The Labute approximate surface area is 126 Å². The summed E-state index contributed by atoms with van der Waals surface area (Å²) in [4.78, 5) is 0. The zero-order valence-corrected chi connectivity index (χ0v) is 13.4. The second-order valence-corrected chi connectivity index (χ2v) is 6.91. The summed E-state index contributed by atoms with van der Waals surface area (Å²) in [7, 11) is -3.57. The SMILES string of the molecule is CCCNCc1ccc(S(=O)(=O)NC2CC(OCC)C2)o1. The Balaban J connectivity index is 1.85. The summed E-state index contributed by atoms with van der Waals surface area (Å²) in [5.41, 5.74) is 0. The first kappa shape index (κ1) is 16.5. The first-order chi connectivity index (χ1) is 10.0. The van der Waals surface area contributed by atoms with Crippen LogP contribution in [0.4, 0.5) is 0 Å². The monoisotopic (exact) mass is 316 g/mol. The molecular formula is C14H24N2O4S. The molecule has 1 aromatic heterocycles.